The summed E-state index contributed by atoms with van der Waals surface area (Å²) in [4.78, 5) is 12.0. The molecule has 1 atom stereocenters. The number of nitrogens with one attached hydrogen (secondary N) is 1. The molecular formula is C14H15BrClN3O2. The molecule has 5 nitrogen and oxygen atoms in total. The molecule has 0 amide bonds. The number of benzene rings is 1. The smallest absolute Gasteiger partial charge is 0.333 e. The highest BCUT2D eigenvalue weighted by Gasteiger charge is 2.23. The Morgan fingerprint density at radius 3 is 2.90 bits per heavy atom. The fourth-order valence-electron chi connectivity index (χ4n) is 1.85. The van der Waals surface area contributed by atoms with Crippen molar-refractivity contribution in [2.45, 2.75) is 19.5 Å². The molecule has 0 spiro atoms. The summed E-state index contributed by atoms with van der Waals surface area (Å²) >= 11 is 9.32. The van der Waals surface area contributed by atoms with Crippen LogP contribution < -0.4 is 5.32 Å². The summed E-state index contributed by atoms with van der Waals surface area (Å²) in [5.74, 6) is -0.378. The lowest BCUT2D eigenvalue weighted by Crippen LogP contribution is -2.22. The van der Waals surface area contributed by atoms with Gasteiger partial charge in [-0.1, -0.05) is 11.6 Å². The Kier molecular flexibility index (Phi) is 5.25. The van der Waals surface area contributed by atoms with Crippen LogP contribution in [0.15, 0.2) is 35.1 Å². The van der Waals surface area contributed by atoms with Crippen LogP contribution in [-0.2, 0) is 16.1 Å². The predicted molar refractivity (Wildman–Crippen MR) is 85.4 cm³/mol. The quantitative estimate of drug-likeness (QED) is 0.814. The van der Waals surface area contributed by atoms with E-state index in [-0.39, 0.29) is 5.97 Å². The van der Waals surface area contributed by atoms with E-state index >= 15 is 0 Å². The summed E-state index contributed by atoms with van der Waals surface area (Å²) in [6.07, 6.45) is 3.47. The number of ether oxygens (including phenoxy) is 1. The molecule has 0 radical (unpaired) electrons. The summed E-state index contributed by atoms with van der Waals surface area (Å²) < 4.78 is 7.37. The summed E-state index contributed by atoms with van der Waals surface area (Å²) in [5, 5.41) is 7.92. The second-order valence-corrected chi connectivity index (χ2v) is 5.62. The number of hydrogen-bond donors (Lipinski definition) is 1. The largest absolute Gasteiger partial charge is 0.467 e. The van der Waals surface area contributed by atoms with Gasteiger partial charge in [-0.15, -0.1) is 0 Å². The van der Waals surface area contributed by atoms with Gasteiger partial charge in [0.2, 0.25) is 0 Å². The highest BCUT2D eigenvalue weighted by molar-refractivity contribution is 9.10. The van der Waals surface area contributed by atoms with Crippen LogP contribution in [0.1, 0.15) is 18.5 Å². The molecule has 21 heavy (non-hydrogen) atoms. The maximum atomic E-state index is 12.0. The zero-order chi connectivity index (χ0) is 15.4. The van der Waals surface area contributed by atoms with Gasteiger partial charge in [-0.3, -0.25) is 4.68 Å². The topological polar surface area (TPSA) is 56.2 Å². The van der Waals surface area contributed by atoms with Gasteiger partial charge < -0.3 is 10.1 Å². The van der Waals surface area contributed by atoms with Crippen molar-refractivity contribution in [3.63, 3.8) is 0 Å². The van der Waals surface area contributed by atoms with Crippen molar-refractivity contribution < 1.29 is 9.53 Å². The van der Waals surface area contributed by atoms with Crippen LogP contribution in [0.3, 0.4) is 0 Å². The first kappa shape index (κ1) is 15.9. The number of nitrogens with zero attached hydrogens (tertiary/aromatic N) is 2. The third-order valence-corrected chi connectivity index (χ3v) is 4.19. The van der Waals surface area contributed by atoms with Crippen molar-refractivity contribution in [1.82, 2.24) is 9.78 Å². The third-order valence-electron chi connectivity index (χ3n) is 2.98. The van der Waals surface area contributed by atoms with Gasteiger partial charge in [0.15, 0.2) is 6.04 Å². The Hall–Kier alpha value is -1.53. The number of anilines is 1. The van der Waals surface area contributed by atoms with Gasteiger partial charge in [0, 0.05) is 28.5 Å². The van der Waals surface area contributed by atoms with Crippen molar-refractivity contribution in [2.75, 3.05) is 12.4 Å². The Balaban J connectivity index is 2.27. The van der Waals surface area contributed by atoms with Gasteiger partial charge in [0.1, 0.15) is 0 Å². The van der Waals surface area contributed by atoms with E-state index in [1.807, 2.05) is 19.2 Å². The van der Waals surface area contributed by atoms with E-state index in [9.17, 15) is 4.79 Å². The van der Waals surface area contributed by atoms with E-state index in [0.717, 1.165) is 22.3 Å². The van der Waals surface area contributed by atoms with E-state index in [1.54, 1.807) is 23.0 Å². The molecule has 0 aliphatic rings. The second-order valence-electron chi connectivity index (χ2n) is 4.36. The van der Waals surface area contributed by atoms with Crippen LogP contribution in [-0.4, -0.2) is 22.9 Å². The fourth-order valence-corrected chi connectivity index (χ4v) is 2.35. The molecule has 0 aliphatic carbocycles. The average Bonchev–Trinajstić information content (AvgIpc) is 2.96. The maximum absolute atomic E-state index is 12.0. The molecular weight excluding hydrogens is 358 g/mol. The van der Waals surface area contributed by atoms with E-state index in [1.165, 1.54) is 7.11 Å². The standard InChI is InChI=1S/C14H15BrClN3O2/c1-3-19-8-9(7-17-19)13(14(20)21-2)18-10-4-5-12(16)11(15)6-10/h4-8,13,18H,3H2,1-2H3. The highest BCUT2D eigenvalue weighted by atomic mass is 79.9. The van der Waals surface area contributed by atoms with E-state index in [4.69, 9.17) is 16.3 Å². The van der Waals surface area contributed by atoms with Gasteiger partial charge in [0.05, 0.1) is 18.3 Å². The van der Waals surface area contributed by atoms with Crippen LogP contribution >= 0.6 is 27.5 Å². The third kappa shape index (κ3) is 3.77. The Morgan fingerprint density at radius 1 is 1.57 bits per heavy atom. The number of aryl methyl sites for hydroxylation is 1. The average molecular weight is 373 g/mol. The zero-order valence-corrected chi connectivity index (χ0v) is 14.0. The molecule has 1 heterocycles. The first-order valence-electron chi connectivity index (χ1n) is 6.37. The first-order valence-corrected chi connectivity index (χ1v) is 7.54. The Morgan fingerprint density at radius 2 is 2.33 bits per heavy atom. The second kappa shape index (κ2) is 6.95. The molecule has 0 bridgehead atoms. The minimum absolute atomic E-state index is 0.378. The summed E-state index contributed by atoms with van der Waals surface area (Å²) in [6.45, 7) is 2.72. The minimum atomic E-state index is -0.622. The van der Waals surface area contributed by atoms with Crippen LogP contribution in [0.2, 0.25) is 5.02 Å². The predicted octanol–water partition coefficient (Wildman–Crippen LogP) is 3.65. The molecule has 1 unspecified atom stereocenters. The SMILES string of the molecule is CCn1cc(C(Nc2ccc(Cl)c(Br)c2)C(=O)OC)cn1. The number of carbonyl (C=O) groups excluding carboxylic acids is 1. The summed E-state index contributed by atoms with van der Waals surface area (Å²) in [5.41, 5.74) is 1.50. The van der Waals surface area contributed by atoms with Crippen molar-refractivity contribution in [2.24, 2.45) is 0 Å². The molecule has 7 heteroatoms. The highest BCUT2D eigenvalue weighted by Crippen LogP contribution is 2.28. The van der Waals surface area contributed by atoms with Gasteiger partial charge >= 0.3 is 5.97 Å². The number of rotatable bonds is 5. The monoisotopic (exact) mass is 371 g/mol. The molecule has 1 N–H and O–H groups in total. The van der Waals surface area contributed by atoms with Crippen LogP contribution in [0.5, 0.6) is 0 Å². The molecule has 112 valence electrons. The normalized spacial score (nSPS) is 12.0. The van der Waals surface area contributed by atoms with E-state index < -0.39 is 6.04 Å². The molecule has 0 saturated heterocycles. The maximum Gasteiger partial charge on any atom is 0.333 e. The van der Waals surface area contributed by atoms with Crippen LogP contribution in [0.25, 0.3) is 0 Å². The molecule has 2 aromatic rings. The molecule has 0 aliphatic heterocycles. The molecule has 0 saturated carbocycles. The molecule has 2 rings (SSSR count). The first-order chi connectivity index (χ1) is 10.0. The summed E-state index contributed by atoms with van der Waals surface area (Å²) in [6, 6.07) is 4.73. The van der Waals surface area contributed by atoms with Crippen molar-refractivity contribution in [3.8, 4) is 0 Å². The number of carbonyl (C=O) groups is 1. The molecule has 1 aromatic heterocycles. The number of halogens is 2. The van der Waals surface area contributed by atoms with Crippen LogP contribution in [0.4, 0.5) is 5.69 Å². The number of esters is 1. The number of aromatic nitrogens is 2. The van der Waals surface area contributed by atoms with Gasteiger partial charge in [0.25, 0.3) is 0 Å². The number of hydrogen-bond acceptors (Lipinski definition) is 4. The summed E-state index contributed by atoms with van der Waals surface area (Å²) in [7, 11) is 1.36. The molecule has 0 fully saturated rings. The lowest BCUT2D eigenvalue weighted by Gasteiger charge is -2.16. The lowest BCUT2D eigenvalue weighted by molar-refractivity contribution is -0.141. The fraction of sp³-hybridized carbons (Fsp3) is 0.286. The Labute approximate surface area is 136 Å². The van der Waals surface area contributed by atoms with Gasteiger partial charge in [-0.05, 0) is 41.1 Å². The van der Waals surface area contributed by atoms with Crippen molar-refractivity contribution in [1.29, 1.82) is 0 Å². The number of methoxy groups -OCH3 is 1. The van der Waals surface area contributed by atoms with Crippen molar-refractivity contribution >= 4 is 39.2 Å². The lowest BCUT2D eigenvalue weighted by atomic mass is 10.1. The van der Waals surface area contributed by atoms with Crippen LogP contribution in [0, 0.1) is 0 Å². The van der Waals surface area contributed by atoms with Gasteiger partial charge in [-0.25, -0.2) is 4.79 Å². The Bertz CT molecular complexity index is 645. The van der Waals surface area contributed by atoms with Gasteiger partial charge in [-0.2, -0.15) is 5.10 Å². The minimum Gasteiger partial charge on any atom is -0.467 e. The zero-order valence-electron chi connectivity index (χ0n) is 11.6. The van der Waals surface area contributed by atoms with E-state index in [0.29, 0.717) is 5.02 Å². The van der Waals surface area contributed by atoms with Crippen molar-refractivity contribution in [3.05, 3.63) is 45.7 Å². The molecule has 1 aromatic carbocycles. The van der Waals surface area contributed by atoms with E-state index in [2.05, 4.69) is 26.3 Å².